The van der Waals surface area contributed by atoms with Gasteiger partial charge in [0, 0.05) is 13.1 Å². The number of carbonyl (C=O) groups excluding carboxylic acids is 1. The van der Waals surface area contributed by atoms with E-state index in [2.05, 4.69) is 5.32 Å². The summed E-state index contributed by atoms with van der Waals surface area (Å²) in [5, 5.41) is 2.96. The highest BCUT2D eigenvalue weighted by molar-refractivity contribution is 7.92. The molecule has 0 radical (unpaired) electrons. The summed E-state index contributed by atoms with van der Waals surface area (Å²) >= 11 is 0. The molecule has 3 N–H and O–H groups in total. The molecule has 6 heteroatoms. The lowest BCUT2D eigenvalue weighted by Crippen LogP contribution is -2.46. The molecule has 0 saturated carbocycles. The average Bonchev–Trinajstić information content (AvgIpc) is 1.76. The summed E-state index contributed by atoms with van der Waals surface area (Å²) in [6.07, 6.45) is 0. The van der Waals surface area contributed by atoms with Crippen molar-refractivity contribution in [3.05, 3.63) is 0 Å². The van der Waals surface area contributed by atoms with Gasteiger partial charge in [-0.15, -0.1) is 0 Å². The molecule has 5 nitrogen and oxygen atoms in total. The van der Waals surface area contributed by atoms with Gasteiger partial charge in [-0.3, -0.25) is 4.79 Å². The Hall–Kier alpha value is -0.620. The molecule has 0 aromatic carbocycles. The van der Waals surface area contributed by atoms with Crippen LogP contribution in [0.25, 0.3) is 0 Å². The van der Waals surface area contributed by atoms with E-state index in [9.17, 15) is 13.2 Å². The van der Waals surface area contributed by atoms with Crippen molar-refractivity contribution < 1.29 is 13.2 Å². The van der Waals surface area contributed by atoms with Crippen molar-refractivity contribution in [2.75, 3.05) is 24.6 Å². The molecule has 1 heterocycles. The maximum Gasteiger partial charge on any atom is 0.232 e. The van der Waals surface area contributed by atoms with E-state index >= 15 is 0 Å². The summed E-state index contributed by atoms with van der Waals surface area (Å²) in [6.45, 7) is 1.44. The van der Waals surface area contributed by atoms with Crippen LogP contribution >= 0.6 is 0 Å². The van der Waals surface area contributed by atoms with E-state index in [-0.39, 0.29) is 11.7 Å². The highest BCUT2D eigenvalue weighted by Gasteiger charge is 2.25. The average molecular weight is 192 g/mol. The fraction of sp³-hybridized carbons (Fsp3) is 0.833. The predicted molar refractivity (Wildman–Crippen MR) is 44.2 cm³/mol. The predicted octanol–water partition coefficient (Wildman–Crippen LogP) is -1.89. The minimum absolute atomic E-state index is 0.0724. The number of nitrogens with two attached hydrogens (primary N) is 1. The summed E-state index contributed by atoms with van der Waals surface area (Å²) < 4.78 is 22.2. The molecule has 70 valence electrons. The quantitative estimate of drug-likeness (QED) is 0.545. The van der Waals surface area contributed by atoms with Crippen molar-refractivity contribution in [3.63, 3.8) is 0 Å². The van der Waals surface area contributed by atoms with Crippen molar-refractivity contribution in [1.82, 2.24) is 5.32 Å². The molecule has 1 rings (SSSR count). The molecule has 1 fully saturated rings. The lowest BCUT2D eigenvalue weighted by atomic mass is 10.1. The SMILES string of the molecule is NC(=O)CS(=O)(=O)CC1CNC1. The number of rotatable bonds is 4. The Balaban J connectivity index is 2.42. The minimum atomic E-state index is -3.26. The van der Waals surface area contributed by atoms with Gasteiger partial charge in [-0.2, -0.15) is 0 Å². The fourth-order valence-corrected chi connectivity index (χ4v) is 2.61. The maximum atomic E-state index is 11.1. The Morgan fingerprint density at radius 1 is 1.50 bits per heavy atom. The first-order chi connectivity index (χ1) is 5.49. The van der Waals surface area contributed by atoms with Gasteiger partial charge in [-0.1, -0.05) is 0 Å². The number of amides is 1. The van der Waals surface area contributed by atoms with Crippen LogP contribution in [0.15, 0.2) is 0 Å². The first-order valence-electron chi connectivity index (χ1n) is 3.69. The number of sulfone groups is 1. The Bertz CT molecular complexity index is 269. The molecule has 0 aromatic heterocycles. The molecule has 1 saturated heterocycles. The summed E-state index contributed by atoms with van der Waals surface area (Å²) in [5.74, 6) is -1.07. The third-order valence-electron chi connectivity index (χ3n) is 1.72. The third kappa shape index (κ3) is 2.78. The zero-order valence-corrected chi connectivity index (χ0v) is 7.43. The highest BCUT2D eigenvalue weighted by atomic mass is 32.2. The van der Waals surface area contributed by atoms with Gasteiger partial charge in [0.15, 0.2) is 9.84 Å². The number of nitrogens with one attached hydrogen (secondary N) is 1. The number of carbonyl (C=O) groups is 1. The van der Waals surface area contributed by atoms with Gasteiger partial charge in [-0.25, -0.2) is 8.42 Å². The molecule has 0 aromatic rings. The van der Waals surface area contributed by atoms with E-state index in [1.165, 1.54) is 0 Å². The highest BCUT2D eigenvalue weighted by Crippen LogP contribution is 2.06. The second-order valence-corrected chi connectivity index (χ2v) is 5.15. The van der Waals surface area contributed by atoms with E-state index in [0.717, 1.165) is 13.1 Å². The molecule has 1 amide bonds. The van der Waals surface area contributed by atoms with Crippen LogP contribution in [-0.2, 0) is 14.6 Å². The molecule has 1 aliphatic heterocycles. The van der Waals surface area contributed by atoms with Crippen molar-refractivity contribution in [2.45, 2.75) is 0 Å². The van der Waals surface area contributed by atoms with Gasteiger partial charge < -0.3 is 11.1 Å². The van der Waals surface area contributed by atoms with Crippen LogP contribution < -0.4 is 11.1 Å². The van der Waals surface area contributed by atoms with Crippen molar-refractivity contribution in [3.8, 4) is 0 Å². The second-order valence-electron chi connectivity index (χ2n) is 3.05. The van der Waals surface area contributed by atoms with Crippen LogP contribution in [0.2, 0.25) is 0 Å². The fourth-order valence-electron chi connectivity index (χ4n) is 1.10. The number of hydrogen-bond donors (Lipinski definition) is 2. The summed E-state index contributed by atoms with van der Waals surface area (Å²) in [6, 6.07) is 0. The molecule has 0 unspecified atom stereocenters. The number of hydrogen-bond acceptors (Lipinski definition) is 4. The van der Waals surface area contributed by atoms with E-state index in [0.29, 0.717) is 0 Å². The van der Waals surface area contributed by atoms with Gasteiger partial charge in [0.2, 0.25) is 5.91 Å². The lowest BCUT2D eigenvalue weighted by Gasteiger charge is -2.26. The zero-order chi connectivity index (χ0) is 9.19. The standard InChI is InChI=1S/C6H12N2O3S/c7-6(9)4-12(10,11)3-5-1-8-2-5/h5,8H,1-4H2,(H2,7,9). The molecular formula is C6H12N2O3S. The topological polar surface area (TPSA) is 89.3 Å². The lowest BCUT2D eigenvalue weighted by molar-refractivity contribution is -0.115. The molecule has 0 aliphatic carbocycles. The normalized spacial score (nSPS) is 18.7. The molecule has 0 spiro atoms. The first kappa shape index (κ1) is 9.47. The minimum Gasteiger partial charge on any atom is -0.369 e. The van der Waals surface area contributed by atoms with Crippen LogP contribution in [0.3, 0.4) is 0 Å². The Morgan fingerprint density at radius 3 is 2.42 bits per heavy atom. The first-order valence-corrected chi connectivity index (χ1v) is 5.51. The largest absolute Gasteiger partial charge is 0.369 e. The van der Waals surface area contributed by atoms with Crippen molar-refractivity contribution in [1.29, 1.82) is 0 Å². The van der Waals surface area contributed by atoms with E-state index in [4.69, 9.17) is 5.73 Å². The van der Waals surface area contributed by atoms with Gasteiger partial charge in [-0.05, 0) is 5.92 Å². The van der Waals surface area contributed by atoms with Crippen LogP contribution in [-0.4, -0.2) is 38.9 Å². The molecule has 12 heavy (non-hydrogen) atoms. The molecule has 0 bridgehead atoms. The van der Waals surface area contributed by atoms with E-state index in [1.807, 2.05) is 0 Å². The summed E-state index contributed by atoms with van der Waals surface area (Å²) in [7, 11) is -3.26. The third-order valence-corrected chi connectivity index (χ3v) is 3.42. The monoisotopic (exact) mass is 192 g/mol. The Labute approximate surface area is 71.2 Å². The molecule has 1 aliphatic rings. The van der Waals surface area contributed by atoms with Gasteiger partial charge >= 0.3 is 0 Å². The van der Waals surface area contributed by atoms with Gasteiger partial charge in [0.1, 0.15) is 5.75 Å². The van der Waals surface area contributed by atoms with Crippen LogP contribution in [0.1, 0.15) is 0 Å². The second kappa shape index (κ2) is 3.40. The maximum absolute atomic E-state index is 11.1. The summed E-state index contributed by atoms with van der Waals surface area (Å²) in [5.41, 5.74) is 4.78. The van der Waals surface area contributed by atoms with E-state index < -0.39 is 21.5 Å². The van der Waals surface area contributed by atoms with Crippen LogP contribution in [0.5, 0.6) is 0 Å². The molecule has 0 atom stereocenters. The number of primary amides is 1. The smallest absolute Gasteiger partial charge is 0.232 e. The van der Waals surface area contributed by atoms with Gasteiger partial charge in [0.05, 0.1) is 5.75 Å². The molecular weight excluding hydrogens is 180 g/mol. The van der Waals surface area contributed by atoms with Gasteiger partial charge in [0.25, 0.3) is 0 Å². The van der Waals surface area contributed by atoms with Crippen LogP contribution in [0.4, 0.5) is 0 Å². The Morgan fingerprint density at radius 2 is 2.08 bits per heavy atom. The summed E-state index contributed by atoms with van der Waals surface area (Å²) in [4.78, 5) is 10.3. The Kier molecular flexibility index (Phi) is 2.69. The van der Waals surface area contributed by atoms with Crippen molar-refractivity contribution >= 4 is 15.7 Å². The zero-order valence-electron chi connectivity index (χ0n) is 6.62. The van der Waals surface area contributed by atoms with E-state index in [1.54, 1.807) is 0 Å². The van der Waals surface area contributed by atoms with Crippen molar-refractivity contribution in [2.24, 2.45) is 11.7 Å². The van der Waals surface area contributed by atoms with Crippen LogP contribution in [0, 0.1) is 5.92 Å².